The van der Waals surface area contributed by atoms with Crippen LogP contribution in [0.4, 0.5) is 5.69 Å². The van der Waals surface area contributed by atoms with Gasteiger partial charge in [-0.2, -0.15) is 0 Å². The lowest BCUT2D eigenvalue weighted by atomic mass is 9.89. The maximum atomic E-state index is 11.0. The van der Waals surface area contributed by atoms with Gasteiger partial charge in [-0.1, -0.05) is 36.4 Å². The van der Waals surface area contributed by atoms with E-state index >= 15 is 0 Å². The smallest absolute Gasteiger partial charge is 0.149 e. The van der Waals surface area contributed by atoms with Crippen LogP contribution in [-0.2, 0) is 14.3 Å². The number of aldehydes is 1. The second kappa shape index (κ2) is 6.90. The molecule has 22 heavy (non-hydrogen) atoms. The molecule has 2 atom stereocenters. The molecule has 0 bridgehead atoms. The molecule has 1 aliphatic carbocycles. The minimum Gasteiger partial charge on any atom is -0.382 e. The van der Waals surface area contributed by atoms with Crippen molar-refractivity contribution in [3.63, 3.8) is 0 Å². The second-order valence-corrected chi connectivity index (χ2v) is 5.52. The van der Waals surface area contributed by atoms with Gasteiger partial charge < -0.3 is 14.4 Å². The summed E-state index contributed by atoms with van der Waals surface area (Å²) in [7, 11) is 1.68. The minimum absolute atomic E-state index is 0.250. The summed E-state index contributed by atoms with van der Waals surface area (Å²) >= 11 is 0. The summed E-state index contributed by atoms with van der Waals surface area (Å²) in [5.41, 5.74) is 3.28. The van der Waals surface area contributed by atoms with E-state index < -0.39 is 0 Å². The number of ether oxygens (including phenoxy) is 2. The molecule has 0 saturated carbocycles. The number of anilines is 1. The van der Waals surface area contributed by atoms with Gasteiger partial charge in [-0.3, -0.25) is 4.79 Å². The quantitative estimate of drug-likeness (QED) is 0.572. The molecular formula is C18H21NO3. The fourth-order valence-corrected chi connectivity index (χ4v) is 3.21. The van der Waals surface area contributed by atoms with E-state index in [0.29, 0.717) is 19.8 Å². The van der Waals surface area contributed by atoms with Gasteiger partial charge in [0.1, 0.15) is 6.29 Å². The Morgan fingerprint density at radius 1 is 1.23 bits per heavy atom. The molecule has 0 saturated heterocycles. The molecule has 1 aliphatic heterocycles. The summed E-state index contributed by atoms with van der Waals surface area (Å²) in [4.78, 5) is 13.4. The number of rotatable bonds is 7. The third kappa shape index (κ3) is 2.85. The lowest BCUT2D eigenvalue weighted by molar-refractivity contribution is -0.104. The third-order valence-electron chi connectivity index (χ3n) is 4.24. The summed E-state index contributed by atoms with van der Waals surface area (Å²) in [5.74, 6) is 0.250. The topological polar surface area (TPSA) is 38.8 Å². The molecule has 116 valence electrons. The second-order valence-electron chi connectivity index (χ2n) is 5.52. The monoisotopic (exact) mass is 299 g/mol. The Kier molecular flexibility index (Phi) is 4.71. The predicted octanol–water partition coefficient (Wildman–Crippen LogP) is 2.32. The Hall–Kier alpha value is -1.91. The fourth-order valence-electron chi connectivity index (χ4n) is 3.21. The lowest BCUT2D eigenvalue weighted by Gasteiger charge is -2.29. The highest BCUT2D eigenvalue weighted by Gasteiger charge is 2.36. The number of carbonyl (C=O) groups excluding carboxylic acids is 1. The molecule has 4 nitrogen and oxygen atoms in total. The van der Waals surface area contributed by atoms with Crippen molar-refractivity contribution in [3.05, 3.63) is 53.6 Å². The van der Waals surface area contributed by atoms with Crippen LogP contribution in [0.3, 0.4) is 0 Å². The highest BCUT2D eigenvalue weighted by atomic mass is 16.5. The van der Waals surface area contributed by atoms with E-state index in [2.05, 4.69) is 41.3 Å². The maximum Gasteiger partial charge on any atom is 0.149 e. The molecule has 1 aromatic carbocycles. The highest BCUT2D eigenvalue weighted by molar-refractivity contribution is 5.80. The molecule has 0 fully saturated rings. The zero-order valence-corrected chi connectivity index (χ0v) is 12.8. The summed E-state index contributed by atoms with van der Waals surface area (Å²) in [5, 5.41) is 0. The maximum absolute atomic E-state index is 11.0. The number of nitrogens with zero attached hydrogens (tertiary/aromatic N) is 1. The minimum atomic E-state index is 0.250. The highest BCUT2D eigenvalue weighted by Crippen LogP contribution is 2.44. The average molecular weight is 299 g/mol. The molecule has 4 heteroatoms. The number of allylic oxidation sites excluding steroid dienone is 2. The van der Waals surface area contributed by atoms with Crippen LogP contribution in [0.25, 0.3) is 0 Å². The van der Waals surface area contributed by atoms with Crippen molar-refractivity contribution >= 4 is 12.0 Å². The Labute approximate surface area is 131 Å². The number of hydrogen-bond acceptors (Lipinski definition) is 4. The third-order valence-corrected chi connectivity index (χ3v) is 4.24. The Balaban J connectivity index is 1.75. The fraction of sp³-hybridized carbons (Fsp3) is 0.389. The molecule has 2 aliphatic rings. The molecule has 1 heterocycles. The van der Waals surface area contributed by atoms with Gasteiger partial charge in [-0.25, -0.2) is 0 Å². The van der Waals surface area contributed by atoms with E-state index in [1.165, 1.54) is 11.3 Å². The van der Waals surface area contributed by atoms with Gasteiger partial charge in [-0.15, -0.1) is 0 Å². The van der Waals surface area contributed by atoms with Crippen LogP contribution in [0.15, 0.2) is 48.1 Å². The van der Waals surface area contributed by atoms with Crippen molar-refractivity contribution in [1.29, 1.82) is 0 Å². The number of methoxy groups -OCH3 is 1. The molecule has 3 rings (SSSR count). The number of hydrogen-bond donors (Lipinski definition) is 0. The Bertz CT molecular complexity index is 594. The van der Waals surface area contributed by atoms with Crippen molar-refractivity contribution in [1.82, 2.24) is 0 Å². The van der Waals surface area contributed by atoms with E-state index in [4.69, 9.17) is 9.47 Å². The molecule has 0 spiro atoms. The van der Waals surface area contributed by atoms with E-state index in [9.17, 15) is 4.79 Å². The summed E-state index contributed by atoms with van der Waals surface area (Å²) in [6.07, 6.45) is 7.04. The van der Waals surface area contributed by atoms with E-state index in [-0.39, 0.29) is 12.0 Å². The van der Waals surface area contributed by atoms with E-state index in [1.54, 1.807) is 7.11 Å². The molecule has 2 unspecified atom stereocenters. The first-order valence-corrected chi connectivity index (χ1v) is 7.62. The van der Waals surface area contributed by atoms with Gasteiger partial charge in [0.2, 0.25) is 0 Å². The number of para-hydroxylation sites is 1. The Morgan fingerprint density at radius 3 is 2.91 bits per heavy atom. The first-order chi connectivity index (χ1) is 10.8. The van der Waals surface area contributed by atoms with Gasteiger partial charge in [0, 0.05) is 30.8 Å². The Morgan fingerprint density at radius 2 is 2.09 bits per heavy atom. The molecule has 0 radical (unpaired) electrons. The zero-order valence-electron chi connectivity index (χ0n) is 12.8. The van der Waals surface area contributed by atoms with Crippen molar-refractivity contribution in [3.8, 4) is 0 Å². The van der Waals surface area contributed by atoms with E-state index in [0.717, 1.165) is 18.4 Å². The van der Waals surface area contributed by atoms with Crippen LogP contribution in [0, 0.1) is 0 Å². The first-order valence-electron chi connectivity index (χ1n) is 7.62. The summed E-state index contributed by atoms with van der Waals surface area (Å²) < 4.78 is 10.6. The van der Waals surface area contributed by atoms with Crippen molar-refractivity contribution < 1.29 is 14.3 Å². The predicted molar refractivity (Wildman–Crippen MR) is 86.3 cm³/mol. The van der Waals surface area contributed by atoms with Crippen LogP contribution < -0.4 is 4.90 Å². The number of benzene rings is 1. The van der Waals surface area contributed by atoms with Crippen molar-refractivity contribution in [2.24, 2.45) is 0 Å². The SMILES string of the molecule is COCCOCCN1c2ccccc2C2C=C(C=O)C=CC21. The molecule has 0 aromatic heterocycles. The molecular weight excluding hydrogens is 278 g/mol. The largest absolute Gasteiger partial charge is 0.382 e. The van der Waals surface area contributed by atoms with Crippen LogP contribution in [0.1, 0.15) is 11.5 Å². The first kappa shape index (κ1) is 15.0. The van der Waals surface area contributed by atoms with Gasteiger partial charge in [0.05, 0.1) is 25.9 Å². The van der Waals surface area contributed by atoms with Crippen molar-refractivity contribution in [2.45, 2.75) is 12.0 Å². The van der Waals surface area contributed by atoms with Crippen LogP contribution in [0.5, 0.6) is 0 Å². The molecule has 0 N–H and O–H groups in total. The summed E-state index contributed by atoms with van der Waals surface area (Å²) in [6.45, 7) is 2.73. The van der Waals surface area contributed by atoms with Crippen LogP contribution >= 0.6 is 0 Å². The van der Waals surface area contributed by atoms with Gasteiger partial charge in [0.15, 0.2) is 0 Å². The molecule has 1 aromatic rings. The van der Waals surface area contributed by atoms with Crippen molar-refractivity contribution in [2.75, 3.05) is 38.4 Å². The van der Waals surface area contributed by atoms with Gasteiger partial charge >= 0.3 is 0 Å². The average Bonchev–Trinajstić information content (AvgIpc) is 2.88. The lowest BCUT2D eigenvalue weighted by Crippen LogP contribution is -2.36. The van der Waals surface area contributed by atoms with E-state index in [1.807, 2.05) is 6.08 Å². The zero-order chi connectivity index (χ0) is 15.4. The number of carbonyl (C=O) groups is 1. The number of fused-ring (bicyclic) bond motifs is 3. The van der Waals surface area contributed by atoms with Crippen LogP contribution in [-0.4, -0.2) is 45.8 Å². The summed E-state index contributed by atoms with van der Waals surface area (Å²) in [6, 6.07) is 8.68. The molecule has 0 amide bonds. The van der Waals surface area contributed by atoms with Gasteiger partial charge in [0.25, 0.3) is 0 Å². The standard InChI is InChI=1S/C18H21NO3/c1-21-10-11-22-9-8-19-17-5-3-2-4-15(17)16-12-14(13-20)6-7-18(16)19/h2-7,12-13,16,18H,8-11H2,1H3. The van der Waals surface area contributed by atoms with Crippen LogP contribution in [0.2, 0.25) is 0 Å². The normalized spacial score (nSPS) is 22.2. The van der Waals surface area contributed by atoms with Gasteiger partial charge in [-0.05, 0) is 11.6 Å².